The highest BCUT2D eigenvalue weighted by Gasteiger charge is 2.40. The Morgan fingerprint density at radius 2 is 2.14 bits per heavy atom. The van der Waals surface area contributed by atoms with Crippen LogP contribution in [0.15, 0.2) is 0 Å². The fourth-order valence-corrected chi connectivity index (χ4v) is 2.79. The van der Waals surface area contributed by atoms with E-state index in [0.717, 1.165) is 32.2 Å². The Labute approximate surface area is 82.9 Å². The SMILES string of the molecule is O=CN1CCC2CCC(C(=O)O)CC21. The van der Waals surface area contributed by atoms with Gasteiger partial charge in [0.1, 0.15) is 0 Å². The number of carboxylic acids is 1. The molecule has 14 heavy (non-hydrogen) atoms. The van der Waals surface area contributed by atoms with Crippen molar-refractivity contribution in [1.29, 1.82) is 0 Å². The lowest BCUT2D eigenvalue weighted by Crippen LogP contribution is -2.38. The van der Waals surface area contributed by atoms with Crippen LogP contribution in [0.1, 0.15) is 25.7 Å². The summed E-state index contributed by atoms with van der Waals surface area (Å²) in [4.78, 5) is 23.3. The summed E-state index contributed by atoms with van der Waals surface area (Å²) < 4.78 is 0. The van der Waals surface area contributed by atoms with Gasteiger partial charge in [0, 0.05) is 12.6 Å². The van der Waals surface area contributed by atoms with Crippen LogP contribution in [0.4, 0.5) is 0 Å². The molecule has 4 heteroatoms. The molecule has 1 aliphatic carbocycles. The van der Waals surface area contributed by atoms with Crippen LogP contribution in [0.2, 0.25) is 0 Å². The molecule has 78 valence electrons. The molecule has 1 aliphatic heterocycles. The number of hydrogen-bond donors (Lipinski definition) is 1. The van der Waals surface area contributed by atoms with E-state index in [0.29, 0.717) is 12.3 Å². The predicted molar refractivity (Wildman–Crippen MR) is 49.6 cm³/mol. The molecule has 3 unspecified atom stereocenters. The fraction of sp³-hybridized carbons (Fsp3) is 0.800. The molecule has 1 N–H and O–H groups in total. The van der Waals surface area contributed by atoms with Crippen molar-refractivity contribution in [2.45, 2.75) is 31.7 Å². The highest BCUT2D eigenvalue weighted by atomic mass is 16.4. The molecule has 0 aromatic rings. The van der Waals surface area contributed by atoms with E-state index in [1.165, 1.54) is 0 Å². The van der Waals surface area contributed by atoms with Crippen LogP contribution >= 0.6 is 0 Å². The number of rotatable bonds is 2. The topological polar surface area (TPSA) is 57.6 Å². The quantitative estimate of drug-likeness (QED) is 0.663. The second-order valence-electron chi connectivity index (χ2n) is 4.31. The number of carbonyl (C=O) groups is 2. The van der Waals surface area contributed by atoms with Crippen LogP contribution in [0.5, 0.6) is 0 Å². The zero-order valence-electron chi connectivity index (χ0n) is 8.06. The normalized spacial score (nSPS) is 36.6. The molecule has 1 saturated heterocycles. The minimum atomic E-state index is -0.707. The molecule has 0 aromatic carbocycles. The highest BCUT2D eigenvalue weighted by molar-refractivity contribution is 5.70. The summed E-state index contributed by atoms with van der Waals surface area (Å²) in [5.74, 6) is -0.395. The van der Waals surface area contributed by atoms with Crippen molar-refractivity contribution in [2.75, 3.05) is 6.54 Å². The summed E-state index contributed by atoms with van der Waals surface area (Å²) in [6.07, 6.45) is 4.32. The van der Waals surface area contributed by atoms with Gasteiger partial charge in [0.15, 0.2) is 0 Å². The minimum Gasteiger partial charge on any atom is -0.481 e. The molecule has 1 heterocycles. The summed E-state index contributed by atoms with van der Waals surface area (Å²) in [5, 5.41) is 8.91. The minimum absolute atomic E-state index is 0.197. The van der Waals surface area contributed by atoms with E-state index < -0.39 is 5.97 Å². The summed E-state index contributed by atoms with van der Waals surface area (Å²) >= 11 is 0. The first kappa shape index (κ1) is 9.49. The van der Waals surface area contributed by atoms with Gasteiger partial charge < -0.3 is 10.0 Å². The molecule has 0 bridgehead atoms. The Kier molecular flexibility index (Phi) is 2.44. The summed E-state index contributed by atoms with van der Waals surface area (Å²) in [7, 11) is 0. The largest absolute Gasteiger partial charge is 0.481 e. The van der Waals surface area contributed by atoms with Gasteiger partial charge >= 0.3 is 5.97 Å². The molecule has 2 aliphatic rings. The van der Waals surface area contributed by atoms with E-state index in [4.69, 9.17) is 5.11 Å². The Bertz CT molecular complexity index is 254. The number of hydrogen-bond acceptors (Lipinski definition) is 2. The average molecular weight is 197 g/mol. The second-order valence-corrected chi connectivity index (χ2v) is 4.31. The summed E-state index contributed by atoms with van der Waals surface area (Å²) in [5.41, 5.74) is 0. The molecule has 2 rings (SSSR count). The third-order valence-corrected chi connectivity index (χ3v) is 3.62. The number of fused-ring (bicyclic) bond motifs is 1. The lowest BCUT2D eigenvalue weighted by atomic mass is 9.79. The van der Waals surface area contributed by atoms with Gasteiger partial charge in [0.2, 0.25) is 6.41 Å². The molecule has 4 nitrogen and oxygen atoms in total. The number of likely N-dealkylation sites (tertiary alicyclic amines) is 1. The van der Waals surface area contributed by atoms with Gasteiger partial charge in [-0.1, -0.05) is 0 Å². The van der Waals surface area contributed by atoms with Crippen molar-refractivity contribution in [3.05, 3.63) is 0 Å². The lowest BCUT2D eigenvalue weighted by molar-refractivity contribution is -0.144. The molecule has 3 atom stereocenters. The first-order valence-corrected chi connectivity index (χ1v) is 5.16. The first-order chi connectivity index (χ1) is 6.72. The van der Waals surface area contributed by atoms with Crippen LogP contribution < -0.4 is 0 Å². The van der Waals surface area contributed by atoms with Crippen LogP contribution in [0.25, 0.3) is 0 Å². The molecular formula is C10H15NO3. The van der Waals surface area contributed by atoms with E-state index in [2.05, 4.69) is 0 Å². The lowest BCUT2D eigenvalue weighted by Gasteiger charge is -2.32. The monoisotopic (exact) mass is 197 g/mol. The van der Waals surface area contributed by atoms with Gasteiger partial charge in [0.05, 0.1) is 5.92 Å². The number of carboxylic acid groups (broad SMARTS) is 1. The van der Waals surface area contributed by atoms with Crippen LogP contribution in [0.3, 0.4) is 0 Å². The maximum Gasteiger partial charge on any atom is 0.306 e. The van der Waals surface area contributed by atoms with Crippen LogP contribution in [0, 0.1) is 11.8 Å². The zero-order valence-corrected chi connectivity index (χ0v) is 8.06. The van der Waals surface area contributed by atoms with Crippen molar-refractivity contribution in [1.82, 2.24) is 4.90 Å². The van der Waals surface area contributed by atoms with E-state index in [-0.39, 0.29) is 12.0 Å². The highest BCUT2D eigenvalue weighted by Crippen LogP contribution is 2.38. The molecule has 2 fully saturated rings. The Morgan fingerprint density at radius 3 is 2.79 bits per heavy atom. The van der Waals surface area contributed by atoms with Crippen molar-refractivity contribution < 1.29 is 14.7 Å². The van der Waals surface area contributed by atoms with E-state index in [1.807, 2.05) is 0 Å². The number of nitrogens with zero attached hydrogens (tertiary/aromatic N) is 1. The van der Waals surface area contributed by atoms with Crippen molar-refractivity contribution in [3.8, 4) is 0 Å². The third kappa shape index (κ3) is 1.49. The predicted octanol–water partition coefficient (Wildman–Crippen LogP) is 0.718. The molecule has 1 saturated carbocycles. The average Bonchev–Trinajstić information content (AvgIpc) is 2.59. The fourth-order valence-electron chi connectivity index (χ4n) is 2.79. The third-order valence-electron chi connectivity index (χ3n) is 3.62. The van der Waals surface area contributed by atoms with E-state index >= 15 is 0 Å². The summed E-state index contributed by atoms with van der Waals surface area (Å²) in [6, 6.07) is 0.197. The van der Waals surface area contributed by atoms with E-state index in [1.54, 1.807) is 4.90 Å². The molecule has 1 amide bonds. The molecule has 0 spiro atoms. The van der Waals surface area contributed by atoms with Crippen molar-refractivity contribution in [3.63, 3.8) is 0 Å². The van der Waals surface area contributed by atoms with Gasteiger partial charge in [0.25, 0.3) is 0 Å². The van der Waals surface area contributed by atoms with Gasteiger partial charge in [-0.3, -0.25) is 9.59 Å². The molecule has 0 aromatic heterocycles. The maximum atomic E-state index is 10.8. The Hall–Kier alpha value is -1.06. The van der Waals surface area contributed by atoms with Crippen LogP contribution in [-0.2, 0) is 9.59 Å². The van der Waals surface area contributed by atoms with E-state index in [9.17, 15) is 9.59 Å². The molecular weight excluding hydrogens is 182 g/mol. The van der Waals surface area contributed by atoms with Gasteiger partial charge in [-0.05, 0) is 31.6 Å². The maximum absolute atomic E-state index is 10.8. The Morgan fingerprint density at radius 1 is 1.36 bits per heavy atom. The van der Waals surface area contributed by atoms with Gasteiger partial charge in [-0.15, -0.1) is 0 Å². The second kappa shape index (κ2) is 3.59. The first-order valence-electron chi connectivity index (χ1n) is 5.16. The standard InChI is InChI=1S/C10H15NO3/c12-6-11-4-3-7-1-2-8(10(13)14)5-9(7)11/h6-9H,1-5H2,(H,13,14). The smallest absolute Gasteiger partial charge is 0.306 e. The van der Waals surface area contributed by atoms with Gasteiger partial charge in [-0.2, -0.15) is 0 Å². The number of carbonyl (C=O) groups excluding carboxylic acids is 1. The number of amides is 1. The zero-order chi connectivity index (χ0) is 10.1. The van der Waals surface area contributed by atoms with Crippen molar-refractivity contribution >= 4 is 12.4 Å². The number of aliphatic carboxylic acids is 1. The Balaban J connectivity index is 2.04. The molecule has 0 radical (unpaired) electrons. The van der Waals surface area contributed by atoms with Gasteiger partial charge in [-0.25, -0.2) is 0 Å². The summed E-state index contributed by atoms with van der Waals surface area (Å²) in [6.45, 7) is 0.811. The van der Waals surface area contributed by atoms with Crippen molar-refractivity contribution in [2.24, 2.45) is 11.8 Å². The van der Waals surface area contributed by atoms with Crippen LogP contribution in [-0.4, -0.2) is 35.0 Å².